The highest BCUT2D eigenvalue weighted by Crippen LogP contribution is 2.20. The average molecular weight is 298 g/mol. The van der Waals surface area contributed by atoms with Crippen molar-refractivity contribution < 1.29 is 17.9 Å². The van der Waals surface area contributed by atoms with E-state index in [0.717, 1.165) is 0 Å². The number of ether oxygens (including phenoxy) is 1. The minimum Gasteiger partial charge on any atom is -0.461 e. The van der Waals surface area contributed by atoms with E-state index >= 15 is 0 Å². The van der Waals surface area contributed by atoms with Crippen LogP contribution in [0.2, 0.25) is 0 Å². The van der Waals surface area contributed by atoms with Gasteiger partial charge in [-0.2, -0.15) is 8.42 Å². The van der Waals surface area contributed by atoms with Crippen molar-refractivity contribution in [1.82, 2.24) is 4.90 Å². The van der Waals surface area contributed by atoms with Crippen molar-refractivity contribution in [2.75, 3.05) is 27.2 Å². The topological polar surface area (TPSA) is 112 Å². The highest BCUT2D eigenvalue weighted by Gasteiger charge is 2.19. The number of hydrogen-bond acceptors (Lipinski definition) is 6. The Kier molecular flexibility index (Phi) is 5.98. The summed E-state index contributed by atoms with van der Waals surface area (Å²) in [6.07, 6.45) is 2.47. The Balaban J connectivity index is 2.93. The number of esters is 1. The first-order chi connectivity index (χ1) is 9.45. The standard InChI is InChI=1S/C11H14N4O4S/c1-15(2)5-6-19-11(16)9-4-3-8(20(17)18)7-10(9)13-14-12/h3-4H,5-7H2,1-2H3. The molecule has 1 aliphatic rings. The molecule has 0 amide bonds. The smallest absolute Gasteiger partial charge is 0.338 e. The fourth-order valence-electron chi connectivity index (χ4n) is 1.43. The number of azide groups is 1. The van der Waals surface area contributed by atoms with E-state index in [4.69, 9.17) is 10.3 Å². The van der Waals surface area contributed by atoms with E-state index in [1.807, 2.05) is 19.0 Å². The van der Waals surface area contributed by atoms with Crippen LogP contribution in [0.25, 0.3) is 10.4 Å². The van der Waals surface area contributed by atoms with Gasteiger partial charge in [0.15, 0.2) is 0 Å². The Bertz CT molecular complexity index is 631. The molecule has 8 nitrogen and oxygen atoms in total. The summed E-state index contributed by atoms with van der Waals surface area (Å²) in [6, 6.07) is 0. The molecule has 0 N–H and O–H groups in total. The highest BCUT2D eigenvalue weighted by atomic mass is 32.2. The largest absolute Gasteiger partial charge is 0.461 e. The third-order valence-corrected chi connectivity index (χ3v) is 3.17. The van der Waals surface area contributed by atoms with Gasteiger partial charge < -0.3 is 9.64 Å². The summed E-state index contributed by atoms with van der Waals surface area (Å²) in [5.41, 5.74) is 8.59. The molecule has 0 aromatic carbocycles. The summed E-state index contributed by atoms with van der Waals surface area (Å²) in [5, 5.41) is 3.37. The lowest BCUT2D eigenvalue weighted by atomic mass is 10.0. The third kappa shape index (κ3) is 4.54. The van der Waals surface area contributed by atoms with Gasteiger partial charge in [-0.15, -0.1) is 0 Å². The second kappa shape index (κ2) is 7.49. The molecule has 0 spiro atoms. The van der Waals surface area contributed by atoms with Crippen LogP contribution in [0.1, 0.15) is 6.42 Å². The monoisotopic (exact) mass is 298 g/mol. The van der Waals surface area contributed by atoms with Gasteiger partial charge in [0.1, 0.15) is 6.61 Å². The van der Waals surface area contributed by atoms with Crippen molar-refractivity contribution in [3.05, 3.63) is 33.9 Å². The second-order valence-corrected chi connectivity index (χ2v) is 5.19. The average Bonchev–Trinajstić information content (AvgIpc) is 2.38. The predicted octanol–water partition coefficient (Wildman–Crippen LogP) is 0.667. The minimum absolute atomic E-state index is 0.0454. The zero-order chi connectivity index (χ0) is 15.1. The molecule has 0 aliphatic heterocycles. The van der Waals surface area contributed by atoms with Crippen LogP contribution in [0.4, 0.5) is 0 Å². The Hall–Kier alpha value is -2.09. The van der Waals surface area contributed by atoms with E-state index < -0.39 is 16.3 Å². The van der Waals surface area contributed by atoms with Crippen LogP contribution < -0.4 is 0 Å². The van der Waals surface area contributed by atoms with Gasteiger partial charge in [-0.1, -0.05) is 5.11 Å². The van der Waals surface area contributed by atoms with Crippen LogP contribution >= 0.6 is 0 Å². The van der Waals surface area contributed by atoms with E-state index in [1.54, 1.807) is 0 Å². The van der Waals surface area contributed by atoms with Crippen LogP contribution in [0.3, 0.4) is 0 Å². The van der Waals surface area contributed by atoms with Crippen molar-refractivity contribution in [1.29, 1.82) is 0 Å². The van der Waals surface area contributed by atoms with Crippen LogP contribution in [-0.4, -0.2) is 51.4 Å². The number of carbonyl (C=O) groups excluding carboxylic acids is 1. The van der Waals surface area contributed by atoms with Gasteiger partial charge in [-0.25, -0.2) is 4.79 Å². The van der Waals surface area contributed by atoms with Crippen LogP contribution in [0, 0.1) is 0 Å². The molecule has 0 radical (unpaired) electrons. The molecular weight excluding hydrogens is 284 g/mol. The maximum atomic E-state index is 11.8. The third-order valence-electron chi connectivity index (χ3n) is 2.46. The lowest BCUT2D eigenvalue weighted by molar-refractivity contribution is -0.138. The zero-order valence-electron chi connectivity index (χ0n) is 11.1. The maximum Gasteiger partial charge on any atom is 0.338 e. The highest BCUT2D eigenvalue weighted by molar-refractivity contribution is 7.73. The normalized spacial score (nSPS) is 14.2. The summed E-state index contributed by atoms with van der Waals surface area (Å²) in [4.78, 5) is 16.3. The van der Waals surface area contributed by atoms with E-state index in [1.165, 1.54) is 12.2 Å². The fraction of sp³-hybridized carbons (Fsp3) is 0.455. The van der Waals surface area contributed by atoms with Gasteiger partial charge in [0.25, 0.3) is 0 Å². The molecule has 0 fully saturated rings. The van der Waals surface area contributed by atoms with E-state index in [0.29, 0.717) is 6.54 Å². The predicted molar refractivity (Wildman–Crippen MR) is 73.4 cm³/mol. The lowest BCUT2D eigenvalue weighted by Crippen LogP contribution is -2.21. The summed E-state index contributed by atoms with van der Waals surface area (Å²) in [5.74, 6) is -0.638. The van der Waals surface area contributed by atoms with Gasteiger partial charge in [0.05, 0.1) is 10.4 Å². The fourth-order valence-corrected chi connectivity index (χ4v) is 1.87. The zero-order valence-corrected chi connectivity index (χ0v) is 11.9. The molecule has 20 heavy (non-hydrogen) atoms. The molecular formula is C11H14N4O4S. The molecule has 1 aliphatic carbocycles. The van der Waals surface area contributed by atoms with Crippen molar-refractivity contribution in [3.8, 4) is 0 Å². The van der Waals surface area contributed by atoms with E-state index in [2.05, 4.69) is 10.0 Å². The molecule has 9 heteroatoms. The van der Waals surface area contributed by atoms with Gasteiger partial charge >= 0.3 is 5.97 Å². The molecule has 0 bridgehead atoms. The number of rotatable bonds is 5. The van der Waals surface area contributed by atoms with E-state index in [9.17, 15) is 13.2 Å². The van der Waals surface area contributed by atoms with E-state index in [-0.39, 0.29) is 29.2 Å². The van der Waals surface area contributed by atoms with Crippen LogP contribution in [-0.2, 0) is 19.8 Å². The molecule has 1 rings (SSSR count). The van der Waals surface area contributed by atoms with Crippen molar-refractivity contribution in [3.63, 3.8) is 0 Å². The van der Waals surface area contributed by atoms with Crippen molar-refractivity contribution >= 4 is 21.1 Å². The Labute approximate surface area is 117 Å². The molecule has 0 atom stereocenters. The maximum absolute atomic E-state index is 11.8. The van der Waals surface area contributed by atoms with Gasteiger partial charge in [-0.3, -0.25) is 0 Å². The quantitative estimate of drug-likeness (QED) is 0.243. The first kappa shape index (κ1) is 16.0. The molecule has 0 heterocycles. The number of allylic oxidation sites excluding steroid dienone is 2. The molecule has 0 saturated carbocycles. The lowest BCUT2D eigenvalue weighted by Gasteiger charge is -2.13. The summed E-state index contributed by atoms with van der Waals surface area (Å²) < 4.78 is 26.7. The SMILES string of the molecule is CN(C)CCOC(=O)C1=C(N=[N+]=[N-])CC(=S(=O)=O)C=C1. The number of likely N-dealkylation sites (N-methyl/N-ethyl adjacent to an activating group) is 1. The number of carbonyl (C=O) groups is 1. The molecule has 0 saturated heterocycles. The van der Waals surface area contributed by atoms with Crippen molar-refractivity contribution in [2.45, 2.75) is 6.42 Å². The summed E-state index contributed by atoms with van der Waals surface area (Å²) >= 11 is 0. The summed E-state index contributed by atoms with van der Waals surface area (Å²) in [6.45, 7) is 0.748. The Morgan fingerprint density at radius 3 is 2.75 bits per heavy atom. The second-order valence-electron chi connectivity index (χ2n) is 4.20. The molecule has 108 valence electrons. The van der Waals surface area contributed by atoms with Gasteiger partial charge in [0, 0.05) is 23.6 Å². The van der Waals surface area contributed by atoms with Crippen LogP contribution in [0.15, 0.2) is 28.5 Å². The molecule has 0 aromatic heterocycles. The molecule has 0 unspecified atom stereocenters. The van der Waals surface area contributed by atoms with Gasteiger partial charge in [0.2, 0.25) is 10.3 Å². The Morgan fingerprint density at radius 2 is 2.20 bits per heavy atom. The Morgan fingerprint density at radius 1 is 1.50 bits per heavy atom. The first-order valence-corrected chi connectivity index (χ1v) is 6.76. The minimum atomic E-state index is -2.41. The number of hydrogen-bond donors (Lipinski definition) is 0. The van der Waals surface area contributed by atoms with Crippen LogP contribution in [0.5, 0.6) is 0 Å². The molecule has 0 aromatic rings. The van der Waals surface area contributed by atoms with Gasteiger partial charge in [-0.05, 0) is 31.8 Å². The van der Waals surface area contributed by atoms with Crippen molar-refractivity contribution in [2.24, 2.45) is 5.11 Å². The summed E-state index contributed by atoms with van der Waals surface area (Å²) in [7, 11) is 1.26. The number of nitrogens with zero attached hydrogens (tertiary/aromatic N) is 4. The first-order valence-electron chi connectivity index (χ1n) is 5.69.